The molecule has 0 bridgehead atoms. The van der Waals surface area contributed by atoms with Gasteiger partial charge in [0, 0.05) is 22.8 Å². The highest BCUT2D eigenvalue weighted by molar-refractivity contribution is 5.98. The van der Waals surface area contributed by atoms with E-state index in [9.17, 15) is 4.79 Å². The summed E-state index contributed by atoms with van der Waals surface area (Å²) in [7, 11) is 0. The fourth-order valence-electron chi connectivity index (χ4n) is 2.53. The van der Waals surface area contributed by atoms with Gasteiger partial charge >= 0.3 is 0 Å². The molecule has 2 heterocycles. The van der Waals surface area contributed by atoms with Crippen LogP contribution in [-0.2, 0) is 0 Å². The van der Waals surface area contributed by atoms with Crippen molar-refractivity contribution in [3.8, 4) is 0 Å². The van der Waals surface area contributed by atoms with E-state index in [1.54, 1.807) is 12.3 Å². The zero-order chi connectivity index (χ0) is 15.7. The summed E-state index contributed by atoms with van der Waals surface area (Å²) >= 11 is 0. The van der Waals surface area contributed by atoms with Crippen LogP contribution >= 0.6 is 0 Å². The number of imidazole rings is 1. The number of hydrogen-bond donors (Lipinski definition) is 2. The minimum absolute atomic E-state index is 0.110. The number of H-pyrrole nitrogens is 1. The van der Waals surface area contributed by atoms with E-state index in [1.807, 2.05) is 39.0 Å². The van der Waals surface area contributed by atoms with Crippen LogP contribution in [0, 0.1) is 13.8 Å². The van der Waals surface area contributed by atoms with Crippen molar-refractivity contribution in [3.05, 3.63) is 53.3 Å². The Hall–Kier alpha value is -2.56. The third kappa shape index (κ3) is 2.74. The molecular formula is C17H19N3O2. The lowest BCUT2D eigenvalue weighted by molar-refractivity contribution is 0.0934. The third-order valence-corrected chi connectivity index (χ3v) is 3.67. The van der Waals surface area contributed by atoms with Crippen molar-refractivity contribution in [1.82, 2.24) is 15.3 Å². The summed E-state index contributed by atoms with van der Waals surface area (Å²) in [5, 5.41) is 3.96. The van der Waals surface area contributed by atoms with Crippen LogP contribution in [0.25, 0.3) is 11.0 Å². The van der Waals surface area contributed by atoms with E-state index in [0.29, 0.717) is 5.56 Å². The fraction of sp³-hybridized carbons (Fsp3) is 0.294. The quantitative estimate of drug-likeness (QED) is 0.772. The van der Waals surface area contributed by atoms with Gasteiger partial charge in [0.15, 0.2) is 0 Å². The molecule has 2 aromatic heterocycles. The molecule has 0 aliphatic rings. The fourth-order valence-corrected chi connectivity index (χ4v) is 2.53. The molecule has 0 fully saturated rings. The summed E-state index contributed by atoms with van der Waals surface area (Å²) in [5.41, 5.74) is 2.40. The average molecular weight is 297 g/mol. The van der Waals surface area contributed by atoms with E-state index in [4.69, 9.17) is 4.42 Å². The van der Waals surface area contributed by atoms with Gasteiger partial charge in [-0.25, -0.2) is 4.98 Å². The highest BCUT2D eigenvalue weighted by Gasteiger charge is 2.17. The molecule has 1 atom stereocenters. The maximum Gasteiger partial charge on any atom is 0.251 e. The summed E-state index contributed by atoms with van der Waals surface area (Å²) in [6.07, 6.45) is 2.54. The van der Waals surface area contributed by atoms with Gasteiger partial charge in [0.25, 0.3) is 5.91 Å². The number of amides is 1. The molecule has 0 radical (unpaired) electrons. The summed E-state index contributed by atoms with van der Waals surface area (Å²) in [6, 6.07) is 7.26. The Morgan fingerprint density at radius 2 is 2.18 bits per heavy atom. The van der Waals surface area contributed by atoms with Crippen molar-refractivity contribution in [1.29, 1.82) is 0 Å². The lowest BCUT2D eigenvalue weighted by Gasteiger charge is -2.14. The average Bonchev–Trinajstić information content (AvgIpc) is 3.08. The van der Waals surface area contributed by atoms with Crippen molar-refractivity contribution in [3.63, 3.8) is 0 Å². The highest BCUT2D eigenvalue weighted by atomic mass is 16.3. The van der Waals surface area contributed by atoms with Crippen molar-refractivity contribution >= 4 is 16.9 Å². The molecule has 3 aromatic rings. The number of carbonyl (C=O) groups is 1. The number of aryl methyl sites for hydroxylation is 2. The van der Waals surface area contributed by atoms with E-state index in [1.165, 1.54) is 0 Å². The number of benzene rings is 1. The van der Waals surface area contributed by atoms with Crippen molar-refractivity contribution in [2.45, 2.75) is 33.2 Å². The number of aromatic amines is 1. The van der Waals surface area contributed by atoms with Gasteiger partial charge in [0.2, 0.25) is 0 Å². The monoisotopic (exact) mass is 297 g/mol. The van der Waals surface area contributed by atoms with Gasteiger partial charge in [0.05, 0.1) is 6.04 Å². The van der Waals surface area contributed by atoms with Crippen molar-refractivity contribution in [2.75, 3.05) is 0 Å². The van der Waals surface area contributed by atoms with Crippen LogP contribution in [0.2, 0.25) is 0 Å². The van der Waals surface area contributed by atoms with Gasteiger partial charge in [-0.1, -0.05) is 6.92 Å². The van der Waals surface area contributed by atoms with E-state index in [0.717, 1.165) is 34.7 Å². The van der Waals surface area contributed by atoms with E-state index in [2.05, 4.69) is 15.3 Å². The van der Waals surface area contributed by atoms with Crippen LogP contribution in [0.1, 0.15) is 47.0 Å². The topological polar surface area (TPSA) is 70.9 Å². The van der Waals surface area contributed by atoms with Gasteiger partial charge in [-0.3, -0.25) is 4.79 Å². The molecule has 0 aliphatic carbocycles. The van der Waals surface area contributed by atoms with Gasteiger partial charge in [-0.15, -0.1) is 0 Å². The molecule has 0 saturated heterocycles. The lowest BCUT2D eigenvalue weighted by atomic mass is 10.1. The predicted octanol–water partition coefficient (Wildman–Crippen LogP) is 3.65. The van der Waals surface area contributed by atoms with Gasteiger partial charge in [-0.05, 0) is 44.5 Å². The number of nitrogens with zero attached hydrogens (tertiary/aromatic N) is 1. The first kappa shape index (κ1) is 14.4. The third-order valence-electron chi connectivity index (χ3n) is 3.67. The first-order chi connectivity index (χ1) is 10.6. The van der Waals surface area contributed by atoms with E-state index in [-0.39, 0.29) is 11.9 Å². The Morgan fingerprint density at radius 3 is 2.86 bits per heavy atom. The largest absolute Gasteiger partial charge is 0.461 e. The Balaban J connectivity index is 1.82. The first-order valence-electron chi connectivity index (χ1n) is 7.39. The van der Waals surface area contributed by atoms with Crippen LogP contribution in [0.3, 0.4) is 0 Å². The second-order valence-corrected chi connectivity index (χ2v) is 5.50. The van der Waals surface area contributed by atoms with Crippen LogP contribution in [0.15, 0.2) is 34.9 Å². The van der Waals surface area contributed by atoms with Crippen molar-refractivity contribution < 1.29 is 9.21 Å². The molecular weight excluding hydrogens is 278 g/mol. The second-order valence-electron chi connectivity index (χ2n) is 5.50. The molecule has 1 aromatic carbocycles. The minimum Gasteiger partial charge on any atom is -0.461 e. The molecule has 5 nitrogen and oxygen atoms in total. The molecule has 22 heavy (non-hydrogen) atoms. The molecule has 0 saturated carbocycles. The summed E-state index contributed by atoms with van der Waals surface area (Å²) < 4.78 is 5.53. The SMILES string of the molecule is CC[C@@H](NC(=O)c1ccc2oc(C)cc2c1)c1ncc(C)[nH]1. The zero-order valence-corrected chi connectivity index (χ0v) is 12.9. The summed E-state index contributed by atoms with van der Waals surface area (Å²) in [5.74, 6) is 1.51. The van der Waals surface area contributed by atoms with Crippen LogP contribution in [-0.4, -0.2) is 15.9 Å². The molecule has 0 spiro atoms. The van der Waals surface area contributed by atoms with Crippen molar-refractivity contribution in [2.24, 2.45) is 0 Å². The second kappa shape index (κ2) is 5.67. The number of rotatable bonds is 4. The standard InChI is InChI=1S/C17H19N3O2/c1-4-14(16-18-9-10(2)19-16)20-17(21)12-5-6-15-13(8-12)7-11(3)22-15/h5-9,14H,4H2,1-3H3,(H,18,19)(H,20,21)/t14-/m1/s1. The molecule has 0 unspecified atom stereocenters. The van der Waals surface area contributed by atoms with E-state index >= 15 is 0 Å². The highest BCUT2D eigenvalue weighted by Crippen LogP contribution is 2.21. The number of hydrogen-bond acceptors (Lipinski definition) is 3. The molecule has 1 amide bonds. The predicted molar refractivity (Wildman–Crippen MR) is 84.8 cm³/mol. The van der Waals surface area contributed by atoms with Crippen LogP contribution < -0.4 is 5.32 Å². The molecule has 3 rings (SSSR count). The maximum absolute atomic E-state index is 12.5. The van der Waals surface area contributed by atoms with E-state index < -0.39 is 0 Å². The van der Waals surface area contributed by atoms with Gasteiger partial charge < -0.3 is 14.7 Å². The normalized spacial score (nSPS) is 12.5. The maximum atomic E-state index is 12.5. The Bertz CT molecular complexity index is 816. The lowest BCUT2D eigenvalue weighted by Crippen LogP contribution is -2.28. The number of aromatic nitrogens is 2. The molecule has 2 N–H and O–H groups in total. The number of furan rings is 1. The minimum atomic E-state index is -0.122. The van der Waals surface area contributed by atoms with Crippen LogP contribution in [0.5, 0.6) is 0 Å². The van der Waals surface area contributed by atoms with Gasteiger partial charge in [0.1, 0.15) is 17.2 Å². The summed E-state index contributed by atoms with van der Waals surface area (Å²) in [6.45, 7) is 5.86. The number of fused-ring (bicyclic) bond motifs is 1. The molecule has 114 valence electrons. The number of nitrogens with one attached hydrogen (secondary N) is 2. The Kier molecular flexibility index (Phi) is 3.71. The van der Waals surface area contributed by atoms with Crippen LogP contribution in [0.4, 0.5) is 0 Å². The number of carbonyl (C=O) groups excluding carboxylic acids is 1. The summed E-state index contributed by atoms with van der Waals surface area (Å²) in [4.78, 5) is 19.9. The van der Waals surface area contributed by atoms with Gasteiger partial charge in [-0.2, -0.15) is 0 Å². The Labute approximate surface area is 128 Å². The smallest absolute Gasteiger partial charge is 0.251 e. The zero-order valence-electron chi connectivity index (χ0n) is 12.9. The first-order valence-corrected chi connectivity index (χ1v) is 7.39. The molecule has 5 heteroatoms. The Morgan fingerprint density at radius 1 is 1.36 bits per heavy atom. The molecule has 0 aliphatic heterocycles.